The molecule has 0 bridgehead atoms. The molecule has 0 saturated carbocycles. The minimum atomic E-state index is -0.994. The fraction of sp³-hybridized carbons (Fsp3) is 0.0526. The van der Waals surface area contributed by atoms with Crippen molar-refractivity contribution in [3.05, 3.63) is 82.9 Å². The molecule has 0 aliphatic carbocycles. The van der Waals surface area contributed by atoms with E-state index in [4.69, 9.17) is 10.2 Å². The van der Waals surface area contributed by atoms with Crippen molar-refractivity contribution < 1.29 is 19.8 Å². The van der Waals surface area contributed by atoms with Gasteiger partial charge in [0.05, 0.1) is 6.61 Å². The van der Waals surface area contributed by atoms with Gasteiger partial charge in [-0.25, -0.2) is 4.79 Å². The first-order chi connectivity index (χ1) is 11.1. The van der Waals surface area contributed by atoms with Crippen LogP contribution in [0.1, 0.15) is 27.0 Å². The van der Waals surface area contributed by atoms with Crippen molar-refractivity contribution >= 4 is 75.3 Å². The van der Waals surface area contributed by atoms with E-state index in [1.165, 1.54) is 12.2 Å². The molecule has 2 aromatic rings. The number of benzene rings is 2. The van der Waals surface area contributed by atoms with Gasteiger partial charge in [0.1, 0.15) is 0 Å². The molecule has 24 heavy (non-hydrogen) atoms. The van der Waals surface area contributed by atoms with Crippen LogP contribution in [0.2, 0.25) is 0 Å². The number of carbonyl (C=O) groups is 2. The predicted octanol–water partition coefficient (Wildman–Crippen LogP) is 2.52. The normalized spacial score (nSPS) is 10.7. The van der Waals surface area contributed by atoms with Gasteiger partial charge in [0, 0.05) is 11.6 Å². The topological polar surface area (TPSA) is 74.6 Å². The van der Waals surface area contributed by atoms with E-state index in [0.717, 1.165) is 22.8 Å². The van der Waals surface area contributed by atoms with Crippen LogP contribution in [0.15, 0.2) is 60.7 Å². The zero-order valence-electron chi connectivity index (χ0n) is 12.3. The number of rotatable bonds is 6. The van der Waals surface area contributed by atoms with E-state index in [9.17, 15) is 9.59 Å². The number of ketones is 1. The fourth-order valence-corrected chi connectivity index (χ4v) is 1.93. The van der Waals surface area contributed by atoms with Gasteiger partial charge in [-0.05, 0) is 28.8 Å². The van der Waals surface area contributed by atoms with Gasteiger partial charge >= 0.3 is 57.4 Å². The van der Waals surface area contributed by atoms with Gasteiger partial charge in [0.15, 0.2) is 5.78 Å². The predicted molar refractivity (Wildman–Crippen MR) is 96.0 cm³/mol. The van der Waals surface area contributed by atoms with Crippen LogP contribution in [0.25, 0.3) is 12.2 Å². The van der Waals surface area contributed by atoms with Gasteiger partial charge in [-0.3, -0.25) is 4.79 Å². The molecule has 2 N–H and O–H groups in total. The summed E-state index contributed by atoms with van der Waals surface area (Å²) >= 11 is 0. The molecular weight excluding hydrogens is 331 g/mol. The summed E-state index contributed by atoms with van der Waals surface area (Å²) in [5, 5.41) is 17.5. The molecule has 0 saturated heterocycles. The van der Waals surface area contributed by atoms with Crippen molar-refractivity contribution in [1.29, 1.82) is 0 Å². The maximum atomic E-state index is 12.0. The van der Waals surface area contributed by atoms with Crippen molar-refractivity contribution in [3.63, 3.8) is 0 Å². The van der Waals surface area contributed by atoms with Gasteiger partial charge in [0.25, 0.3) is 0 Å². The Balaban J connectivity index is 0.00000288. The Morgan fingerprint density at radius 1 is 0.833 bits per heavy atom. The zero-order valence-corrected chi connectivity index (χ0v) is 12.3. The van der Waals surface area contributed by atoms with Gasteiger partial charge in [0.2, 0.25) is 0 Å². The molecule has 0 unspecified atom stereocenters. The molecule has 2 aromatic carbocycles. The summed E-state index contributed by atoms with van der Waals surface area (Å²) in [4.78, 5) is 22.5. The van der Waals surface area contributed by atoms with Crippen LogP contribution in [-0.4, -0.2) is 73.4 Å². The van der Waals surface area contributed by atoms with Crippen LogP contribution in [0.3, 0.4) is 0 Å². The van der Waals surface area contributed by atoms with E-state index in [1.54, 1.807) is 54.6 Å². The summed E-state index contributed by atoms with van der Waals surface area (Å²) < 4.78 is 0. The molecule has 0 atom stereocenters. The van der Waals surface area contributed by atoms with Crippen molar-refractivity contribution in [3.8, 4) is 0 Å². The zero-order chi connectivity index (χ0) is 16.7. The SMILES string of the molecule is O=C(O)C=Cc1ccc(C=CC(=O)c2ccc(CO)cc2)cc1.[KH]. The molecule has 0 amide bonds. The molecule has 0 heterocycles. The quantitative estimate of drug-likeness (QED) is 0.478. The summed E-state index contributed by atoms with van der Waals surface area (Å²) in [6.45, 7) is -0.0486. The number of aliphatic hydroxyl groups is 1. The number of carboxylic acids is 1. The fourth-order valence-electron chi connectivity index (χ4n) is 1.93. The van der Waals surface area contributed by atoms with Crippen LogP contribution in [0.4, 0.5) is 0 Å². The molecule has 0 spiro atoms. The van der Waals surface area contributed by atoms with Crippen molar-refractivity contribution in [2.45, 2.75) is 6.61 Å². The Bertz CT molecular complexity index is 744. The number of carboxylic acid groups (broad SMARTS) is 1. The van der Waals surface area contributed by atoms with Crippen LogP contribution in [0.5, 0.6) is 0 Å². The summed E-state index contributed by atoms with van der Waals surface area (Å²) in [6.07, 6.45) is 5.76. The molecule has 0 radical (unpaired) electrons. The van der Waals surface area contributed by atoms with Crippen LogP contribution in [0, 0.1) is 0 Å². The Morgan fingerprint density at radius 2 is 1.33 bits per heavy atom. The second-order valence-corrected chi connectivity index (χ2v) is 4.89. The summed E-state index contributed by atoms with van der Waals surface area (Å²) in [5.41, 5.74) is 2.93. The average molecular weight is 348 g/mol. The Labute approximate surface area is 182 Å². The molecule has 5 heteroatoms. The average Bonchev–Trinajstić information content (AvgIpc) is 2.58. The minimum absolute atomic E-state index is 0. The van der Waals surface area contributed by atoms with E-state index >= 15 is 0 Å². The molecule has 2 rings (SSSR count). The third-order valence-corrected chi connectivity index (χ3v) is 3.20. The van der Waals surface area contributed by atoms with E-state index in [-0.39, 0.29) is 63.8 Å². The Hall–Kier alpha value is -1.34. The second-order valence-electron chi connectivity index (χ2n) is 4.89. The Morgan fingerprint density at radius 3 is 1.79 bits per heavy atom. The first-order valence-corrected chi connectivity index (χ1v) is 7.02. The number of hydrogen-bond donors (Lipinski definition) is 2. The molecule has 0 aromatic heterocycles. The molecule has 118 valence electrons. The first kappa shape index (κ1) is 20.7. The number of aliphatic hydroxyl groups excluding tert-OH is 1. The molecule has 4 nitrogen and oxygen atoms in total. The van der Waals surface area contributed by atoms with Crippen molar-refractivity contribution in [2.24, 2.45) is 0 Å². The van der Waals surface area contributed by atoms with Gasteiger partial charge in [-0.1, -0.05) is 54.6 Å². The van der Waals surface area contributed by atoms with Crippen molar-refractivity contribution in [1.82, 2.24) is 0 Å². The Kier molecular flexibility index (Phi) is 9.06. The van der Waals surface area contributed by atoms with E-state index < -0.39 is 5.97 Å². The maximum absolute atomic E-state index is 12.0. The van der Waals surface area contributed by atoms with Gasteiger partial charge in [-0.2, -0.15) is 0 Å². The number of allylic oxidation sites excluding steroid dienone is 1. The van der Waals surface area contributed by atoms with Gasteiger partial charge in [-0.15, -0.1) is 0 Å². The molecule has 0 fully saturated rings. The van der Waals surface area contributed by atoms with Crippen molar-refractivity contribution in [2.75, 3.05) is 0 Å². The van der Waals surface area contributed by atoms with Crippen LogP contribution < -0.4 is 0 Å². The van der Waals surface area contributed by atoms with Gasteiger partial charge < -0.3 is 10.2 Å². The molecule has 0 aliphatic rings. The number of aliphatic carboxylic acids is 1. The first-order valence-electron chi connectivity index (χ1n) is 7.02. The van der Waals surface area contributed by atoms with E-state index in [1.807, 2.05) is 0 Å². The monoisotopic (exact) mass is 348 g/mol. The van der Waals surface area contributed by atoms with Crippen LogP contribution >= 0.6 is 0 Å². The molecular formula is C19H17KO4. The molecule has 0 aliphatic heterocycles. The summed E-state index contributed by atoms with van der Waals surface area (Å²) in [6, 6.07) is 13.9. The third-order valence-electron chi connectivity index (χ3n) is 3.20. The number of hydrogen-bond acceptors (Lipinski definition) is 3. The van der Waals surface area contributed by atoms with E-state index in [2.05, 4.69) is 0 Å². The van der Waals surface area contributed by atoms with Crippen LogP contribution in [-0.2, 0) is 11.4 Å². The third kappa shape index (κ3) is 6.64. The van der Waals surface area contributed by atoms with E-state index in [0.29, 0.717) is 5.56 Å². The number of carbonyl (C=O) groups excluding carboxylic acids is 1. The summed E-state index contributed by atoms with van der Waals surface area (Å²) in [7, 11) is 0. The second kappa shape index (κ2) is 10.5. The summed E-state index contributed by atoms with van der Waals surface area (Å²) in [5.74, 6) is -1.11. The standard InChI is InChI=1S/C19H16O4.K.H/c20-13-16-5-9-17(10-6-16)18(21)11-7-14-1-3-15(4-2-14)8-12-19(22)23;;/h1-12,20H,13H2,(H,22,23);;.